The topological polar surface area (TPSA) is 261 Å². The Labute approximate surface area is 249 Å². The maximum Gasteiger partial charge on any atom is 0.408 e. The highest BCUT2D eigenvalue weighted by Gasteiger charge is 2.38. The molecule has 234 valence electrons. The van der Waals surface area contributed by atoms with E-state index in [0.29, 0.717) is 5.56 Å². The summed E-state index contributed by atoms with van der Waals surface area (Å²) in [6.07, 6.45) is -3.81. The number of ether oxygens (including phenoxy) is 4. The molecule has 0 heterocycles. The van der Waals surface area contributed by atoms with E-state index in [-0.39, 0.29) is 18.8 Å². The third kappa shape index (κ3) is 13.0. The number of methoxy groups -OCH3 is 2. The van der Waals surface area contributed by atoms with Crippen molar-refractivity contribution in [3.63, 3.8) is 0 Å². The van der Waals surface area contributed by atoms with Gasteiger partial charge >= 0.3 is 30.0 Å². The normalized spacial score (nSPS) is 12.9. The number of carbonyl (C=O) groups excluding carboxylic acids is 6. The number of hydrogen-bond acceptors (Lipinski definition) is 13. The van der Waals surface area contributed by atoms with Crippen LogP contribution in [0.4, 0.5) is 4.79 Å². The molecule has 1 aromatic carbocycles. The van der Waals surface area contributed by atoms with Crippen molar-refractivity contribution in [3.8, 4) is 0 Å². The number of alkyl carbamates (subject to hydrolysis) is 1. The van der Waals surface area contributed by atoms with Crippen LogP contribution in [-0.4, -0.2) is 97.6 Å². The molecule has 0 spiro atoms. The van der Waals surface area contributed by atoms with Crippen LogP contribution in [0.1, 0.15) is 18.4 Å². The minimum absolute atomic E-state index is 0.102. The zero-order valence-electron chi connectivity index (χ0n) is 23.0. The van der Waals surface area contributed by atoms with Gasteiger partial charge in [-0.1, -0.05) is 35.4 Å². The van der Waals surface area contributed by atoms with Gasteiger partial charge in [0.1, 0.15) is 25.2 Å². The standard InChI is InChI=1S/C24H30N6O12S/c1-39-22(36)18(29-30-25)19(23(37)40-2)42-17(32)10-26-20(33)15(12-43)27-16(31)9-8-14(21(34)35)28-24(38)41-11-13-6-4-3-5-7-13/h3-7,14-15,18-19,43H,8-12H2,1-2H3,(H,26,33)(H,27,31)(H,28,38)(H,34,35)/t14?,15?,18-,19+/m0/s1. The van der Waals surface area contributed by atoms with E-state index >= 15 is 0 Å². The SMILES string of the molecule is COC(=O)[C@@H](N=[N+]=[N-])[C@@H](OC(=O)CNC(=O)C(CS)NC(=O)CCC(NC(=O)OCc1ccccc1)C(=O)O)C(=O)OC. The first-order valence-corrected chi connectivity index (χ1v) is 12.9. The second-order valence-corrected chi connectivity index (χ2v) is 8.63. The van der Waals surface area contributed by atoms with Gasteiger partial charge in [0.25, 0.3) is 0 Å². The summed E-state index contributed by atoms with van der Waals surface area (Å²) in [4.78, 5) is 86.9. The van der Waals surface area contributed by atoms with Gasteiger partial charge < -0.3 is 40.0 Å². The van der Waals surface area contributed by atoms with Crippen molar-refractivity contribution in [2.45, 2.75) is 43.7 Å². The highest BCUT2D eigenvalue weighted by Crippen LogP contribution is 2.10. The van der Waals surface area contributed by atoms with E-state index in [1.54, 1.807) is 30.3 Å². The van der Waals surface area contributed by atoms with Crippen LogP contribution in [0.15, 0.2) is 35.4 Å². The monoisotopic (exact) mass is 626 g/mol. The van der Waals surface area contributed by atoms with E-state index < -0.39 is 79.0 Å². The lowest BCUT2D eigenvalue weighted by Crippen LogP contribution is -2.50. The van der Waals surface area contributed by atoms with Crippen LogP contribution in [0.5, 0.6) is 0 Å². The third-order valence-corrected chi connectivity index (χ3v) is 5.67. The van der Waals surface area contributed by atoms with E-state index in [4.69, 9.17) is 15.0 Å². The van der Waals surface area contributed by atoms with Gasteiger partial charge in [0, 0.05) is 17.1 Å². The van der Waals surface area contributed by atoms with Gasteiger partial charge in [0.05, 0.1) is 14.2 Å². The number of hydrogen-bond donors (Lipinski definition) is 5. The van der Waals surface area contributed by atoms with Crippen molar-refractivity contribution >= 4 is 54.4 Å². The van der Waals surface area contributed by atoms with Crippen molar-refractivity contribution in [1.29, 1.82) is 0 Å². The van der Waals surface area contributed by atoms with E-state index in [0.717, 1.165) is 14.2 Å². The van der Waals surface area contributed by atoms with Crippen molar-refractivity contribution in [3.05, 3.63) is 46.3 Å². The molecule has 4 atom stereocenters. The van der Waals surface area contributed by atoms with Gasteiger partial charge in [-0.2, -0.15) is 12.6 Å². The molecule has 3 amide bonds. The second kappa shape index (κ2) is 19.2. The van der Waals surface area contributed by atoms with Gasteiger partial charge in [-0.15, -0.1) is 0 Å². The molecule has 0 fully saturated rings. The van der Waals surface area contributed by atoms with E-state index in [1.807, 2.05) is 0 Å². The first-order valence-electron chi connectivity index (χ1n) is 12.2. The number of nitrogens with one attached hydrogen (secondary N) is 3. The van der Waals surface area contributed by atoms with Crippen molar-refractivity contribution in [2.24, 2.45) is 5.11 Å². The van der Waals surface area contributed by atoms with Gasteiger partial charge in [0.15, 0.2) is 6.04 Å². The van der Waals surface area contributed by atoms with Gasteiger partial charge in [0.2, 0.25) is 17.9 Å². The Balaban J connectivity index is 2.64. The lowest BCUT2D eigenvalue weighted by molar-refractivity contribution is -0.171. The molecule has 0 radical (unpaired) electrons. The summed E-state index contributed by atoms with van der Waals surface area (Å²) >= 11 is 3.97. The van der Waals surface area contributed by atoms with Crippen LogP contribution < -0.4 is 16.0 Å². The number of nitrogens with zero attached hydrogens (tertiary/aromatic N) is 3. The minimum Gasteiger partial charge on any atom is -0.480 e. The average Bonchev–Trinajstić information content (AvgIpc) is 3.00. The first kappa shape index (κ1) is 36.0. The van der Waals surface area contributed by atoms with Gasteiger partial charge in [-0.3, -0.25) is 19.2 Å². The predicted molar refractivity (Wildman–Crippen MR) is 146 cm³/mol. The molecule has 0 bridgehead atoms. The Morgan fingerprint density at radius 1 is 1.00 bits per heavy atom. The number of carboxylic acids is 1. The summed E-state index contributed by atoms with van der Waals surface area (Å²) in [7, 11) is 1.85. The Morgan fingerprint density at radius 2 is 1.65 bits per heavy atom. The summed E-state index contributed by atoms with van der Waals surface area (Å²) < 4.78 is 18.7. The van der Waals surface area contributed by atoms with Gasteiger partial charge in [-0.05, 0) is 17.5 Å². The zero-order chi connectivity index (χ0) is 32.4. The Kier molecular flexibility index (Phi) is 16.0. The van der Waals surface area contributed by atoms with E-state index in [9.17, 15) is 38.7 Å². The highest BCUT2D eigenvalue weighted by molar-refractivity contribution is 7.80. The number of rotatable bonds is 17. The molecule has 18 nitrogen and oxygen atoms in total. The molecule has 19 heteroatoms. The van der Waals surface area contributed by atoms with Crippen molar-refractivity contribution in [1.82, 2.24) is 16.0 Å². The Hall–Kier alpha value is -5.03. The lowest BCUT2D eigenvalue weighted by Gasteiger charge is -2.20. The molecule has 1 rings (SSSR count). The van der Waals surface area contributed by atoms with Crippen LogP contribution in [0, 0.1) is 0 Å². The molecule has 43 heavy (non-hydrogen) atoms. The summed E-state index contributed by atoms with van der Waals surface area (Å²) in [5, 5.41) is 19.0. The summed E-state index contributed by atoms with van der Waals surface area (Å²) in [5.41, 5.74) is 9.33. The molecule has 4 N–H and O–H groups in total. The summed E-state index contributed by atoms with van der Waals surface area (Å²) in [6.45, 7) is -0.957. The molecular formula is C24H30N6O12S. The fraction of sp³-hybridized carbons (Fsp3) is 0.458. The van der Waals surface area contributed by atoms with Gasteiger partial charge in [-0.25, -0.2) is 14.4 Å². The fourth-order valence-corrected chi connectivity index (χ4v) is 3.39. The molecule has 0 saturated heterocycles. The van der Waals surface area contributed by atoms with Crippen LogP contribution in [0.3, 0.4) is 0 Å². The number of carbonyl (C=O) groups is 7. The van der Waals surface area contributed by atoms with E-state index in [2.05, 4.69) is 48.1 Å². The molecule has 2 unspecified atom stereocenters. The molecule has 0 aliphatic heterocycles. The number of azide groups is 1. The molecule has 0 aliphatic carbocycles. The number of aliphatic carboxylic acids is 1. The maximum absolute atomic E-state index is 12.5. The van der Waals surface area contributed by atoms with Crippen LogP contribution >= 0.6 is 12.6 Å². The average molecular weight is 627 g/mol. The molecule has 0 aromatic heterocycles. The number of carboxylic acid groups (broad SMARTS) is 1. The molecule has 0 saturated carbocycles. The quantitative estimate of drug-likeness (QED) is 0.0370. The predicted octanol–water partition coefficient (Wildman–Crippen LogP) is -0.386. The zero-order valence-corrected chi connectivity index (χ0v) is 23.9. The third-order valence-electron chi connectivity index (χ3n) is 5.30. The minimum atomic E-state index is -2.02. The molecular weight excluding hydrogens is 596 g/mol. The number of esters is 3. The molecule has 1 aromatic rings. The fourth-order valence-electron chi connectivity index (χ4n) is 3.13. The van der Waals surface area contributed by atoms with Crippen LogP contribution in [0.25, 0.3) is 10.4 Å². The number of thiol groups is 1. The lowest BCUT2D eigenvalue weighted by atomic mass is 10.1. The van der Waals surface area contributed by atoms with Crippen LogP contribution in [-0.2, 0) is 54.3 Å². The molecule has 0 aliphatic rings. The highest BCUT2D eigenvalue weighted by atomic mass is 32.1. The smallest absolute Gasteiger partial charge is 0.408 e. The van der Waals surface area contributed by atoms with Crippen molar-refractivity contribution < 1.29 is 57.6 Å². The Morgan fingerprint density at radius 3 is 2.21 bits per heavy atom. The summed E-state index contributed by atoms with van der Waals surface area (Å²) in [5.74, 6) is -7.05. The van der Waals surface area contributed by atoms with E-state index in [1.165, 1.54) is 0 Å². The summed E-state index contributed by atoms with van der Waals surface area (Å²) in [6, 6.07) is 3.95. The first-order chi connectivity index (χ1) is 20.5. The number of benzene rings is 1. The largest absolute Gasteiger partial charge is 0.480 e. The van der Waals surface area contributed by atoms with Crippen LogP contribution in [0.2, 0.25) is 0 Å². The number of amides is 3. The van der Waals surface area contributed by atoms with Crippen molar-refractivity contribution in [2.75, 3.05) is 26.5 Å². The maximum atomic E-state index is 12.5. The Bertz CT molecular complexity index is 1210. The second-order valence-electron chi connectivity index (χ2n) is 8.26.